The Morgan fingerprint density at radius 3 is 2.85 bits per heavy atom. The zero-order valence-corrected chi connectivity index (χ0v) is 8.41. The third-order valence-electron chi connectivity index (χ3n) is 2.42. The van der Waals surface area contributed by atoms with Crippen LogP contribution in [0.15, 0.2) is 0 Å². The molecule has 0 radical (unpaired) electrons. The first kappa shape index (κ1) is 10.5. The molecule has 0 aliphatic heterocycles. The molecule has 0 aromatic heterocycles. The van der Waals surface area contributed by atoms with E-state index in [1.165, 1.54) is 6.92 Å². The van der Waals surface area contributed by atoms with Gasteiger partial charge in [0.15, 0.2) is 0 Å². The molecule has 3 nitrogen and oxygen atoms in total. The molecule has 0 N–H and O–H groups in total. The van der Waals surface area contributed by atoms with Crippen molar-refractivity contribution in [1.82, 2.24) is 0 Å². The van der Waals surface area contributed by atoms with Gasteiger partial charge < -0.3 is 9.47 Å². The summed E-state index contributed by atoms with van der Waals surface area (Å²) in [6.07, 6.45) is 3.67. The summed E-state index contributed by atoms with van der Waals surface area (Å²) in [7, 11) is 0. The summed E-state index contributed by atoms with van der Waals surface area (Å²) in [5.41, 5.74) is 0. The number of rotatable bonds is 4. The number of carbonyl (C=O) groups is 1. The largest absolute Gasteiger partial charge is 0.466 e. The van der Waals surface area contributed by atoms with Gasteiger partial charge in [0.2, 0.25) is 0 Å². The topological polar surface area (TPSA) is 35.5 Å². The summed E-state index contributed by atoms with van der Waals surface area (Å²) >= 11 is 0. The van der Waals surface area contributed by atoms with Crippen LogP contribution in [-0.2, 0) is 14.3 Å². The highest BCUT2D eigenvalue weighted by Gasteiger charge is 2.25. The Morgan fingerprint density at radius 2 is 2.23 bits per heavy atom. The van der Waals surface area contributed by atoms with Crippen LogP contribution in [0.4, 0.5) is 0 Å². The molecule has 0 aromatic rings. The molecule has 1 aliphatic rings. The van der Waals surface area contributed by atoms with E-state index >= 15 is 0 Å². The van der Waals surface area contributed by atoms with Crippen molar-refractivity contribution in [1.29, 1.82) is 0 Å². The lowest BCUT2D eigenvalue weighted by atomic mass is 10.1. The van der Waals surface area contributed by atoms with Gasteiger partial charge in [0.25, 0.3) is 0 Å². The minimum absolute atomic E-state index is 0.181. The monoisotopic (exact) mass is 186 g/mol. The van der Waals surface area contributed by atoms with Crippen molar-refractivity contribution >= 4 is 5.97 Å². The van der Waals surface area contributed by atoms with Crippen LogP contribution in [0, 0.1) is 5.92 Å². The average molecular weight is 186 g/mol. The molecule has 0 unspecified atom stereocenters. The van der Waals surface area contributed by atoms with Crippen molar-refractivity contribution in [3.05, 3.63) is 0 Å². The number of esters is 1. The first-order valence-electron chi connectivity index (χ1n) is 4.97. The predicted octanol–water partition coefficient (Wildman–Crippen LogP) is 1.75. The standard InChI is InChI=1S/C10H18O3/c1-3-12-10-5-4-9(6-10)7-13-8(2)11/h9-10H,3-7H2,1-2H3/t9-,10-/m0/s1. The maximum Gasteiger partial charge on any atom is 0.302 e. The highest BCUT2D eigenvalue weighted by molar-refractivity contribution is 5.65. The summed E-state index contributed by atoms with van der Waals surface area (Å²) in [4.78, 5) is 10.6. The first-order chi connectivity index (χ1) is 6.22. The van der Waals surface area contributed by atoms with Crippen LogP contribution in [0.5, 0.6) is 0 Å². The van der Waals surface area contributed by atoms with Crippen molar-refractivity contribution in [2.45, 2.75) is 39.2 Å². The Bertz CT molecular complexity index is 168. The minimum Gasteiger partial charge on any atom is -0.466 e. The molecule has 3 heteroatoms. The van der Waals surface area contributed by atoms with Gasteiger partial charge in [-0.1, -0.05) is 0 Å². The van der Waals surface area contributed by atoms with Gasteiger partial charge in [-0.2, -0.15) is 0 Å². The first-order valence-corrected chi connectivity index (χ1v) is 4.97. The van der Waals surface area contributed by atoms with Gasteiger partial charge in [0.05, 0.1) is 12.7 Å². The van der Waals surface area contributed by atoms with Crippen LogP contribution < -0.4 is 0 Å². The van der Waals surface area contributed by atoms with E-state index in [4.69, 9.17) is 9.47 Å². The maximum absolute atomic E-state index is 10.6. The Kier molecular flexibility index (Phi) is 4.22. The Hall–Kier alpha value is -0.570. The number of hydrogen-bond acceptors (Lipinski definition) is 3. The van der Waals surface area contributed by atoms with Gasteiger partial charge in [0, 0.05) is 13.5 Å². The van der Waals surface area contributed by atoms with Gasteiger partial charge >= 0.3 is 5.97 Å². The van der Waals surface area contributed by atoms with Crippen LogP contribution in [0.2, 0.25) is 0 Å². The van der Waals surface area contributed by atoms with E-state index in [0.29, 0.717) is 18.6 Å². The lowest BCUT2D eigenvalue weighted by Crippen LogP contribution is -2.12. The van der Waals surface area contributed by atoms with Gasteiger partial charge in [-0.15, -0.1) is 0 Å². The normalized spacial score (nSPS) is 27.5. The van der Waals surface area contributed by atoms with E-state index < -0.39 is 0 Å². The van der Waals surface area contributed by atoms with Crippen molar-refractivity contribution in [2.24, 2.45) is 5.92 Å². The molecule has 1 rings (SSSR count). The van der Waals surface area contributed by atoms with Crippen LogP contribution in [-0.4, -0.2) is 25.3 Å². The lowest BCUT2D eigenvalue weighted by molar-refractivity contribution is -0.142. The summed E-state index contributed by atoms with van der Waals surface area (Å²) in [5, 5.41) is 0. The fourth-order valence-electron chi connectivity index (χ4n) is 1.80. The molecular weight excluding hydrogens is 168 g/mol. The van der Waals surface area contributed by atoms with Gasteiger partial charge in [-0.3, -0.25) is 4.79 Å². The zero-order valence-electron chi connectivity index (χ0n) is 8.41. The molecule has 0 amide bonds. The van der Waals surface area contributed by atoms with Crippen LogP contribution >= 0.6 is 0 Å². The summed E-state index contributed by atoms with van der Waals surface area (Å²) in [6, 6.07) is 0. The molecule has 1 aliphatic carbocycles. The third kappa shape index (κ3) is 3.77. The minimum atomic E-state index is -0.181. The maximum atomic E-state index is 10.6. The molecular formula is C10H18O3. The predicted molar refractivity (Wildman–Crippen MR) is 49.4 cm³/mol. The van der Waals surface area contributed by atoms with E-state index in [0.717, 1.165) is 25.9 Å². The third-order valence-corrected chi connectivity index (χ3v) is 2.42. The summed E-state index contributed by atoms with van der Waals surface area (Å²) in [5.74, 6) is 0.334. The van der Waals surface area contributed by atoms with Crippen molar-refractivity contribution in [3.8, 4) is 0 Å². The van der Waals surface area contributed by atoms with E-state index in [9.17, 15) is 4.79 Å². The average Bonchev–Trinajstić information content (AvgIpc) is 2.50. The van der Waals surface area contributed by atoms with E-state index in [2.05, 4.69) is 0 Å². The molecule has 1 fully saturated rings. The molecule has 0 aromatic carbocycles. The van der Waals surface area contributed by atoms with Gasteiger partial charge in [0.1, 0.15) is 0 Å². The summed E-state index contributed by atoms with van der Waals surface area (Å²) in [6.45, 7) is 4.82. The number of ether oxygens (including phenoxy) is 2. The van der Waals surface area contributed by atoms with Crippen LogP contribution in [0.1, 0.15) is 33.1 Å². The highest BCUT2D eigenvalue weighted by Crippen LogP contribution is 2.27. The number of carbonyl (C=O) groups excluding carboxylic acids is 1. The van der Waals surface area contributed by atoms with Crippen molar-refractivity contribution < 1.29 is 14.3 Å². The SMILES string of the molecule is CCO[C@H]1CC[C@H](COC(C)=O)C1. The second-order valence-electron chi connectivity index (χ2n) is 3.56. The smallest absolute Gasteiger partial charge is 0.302 e. The summed E-state index contributed by atoms with van der Waals surface area (Å²) < 4.78 is 10.5. The van der Waals surface area contributed by atoms with Crippen LogP contribution in [0.25, 0.3) is 0 Å². The van der Waals surface area contributed by atoms with Gasteiger partial charge in [-0.25, -0.2) is 0 Å². The van der Waals surface area contributed by atoms with Crippen molar-refractivity contribution in [3.63, 3.8) is 0 Å². The van der Waals surface area contributed by atoms with Gasteiger partial charge in [-0.05, 0) is 32.1 Å². The zero-order chi connectivity index (χ0) is 9.68. The molecule has 0 saturated heterocycles. The lowest BCUT2D eigenvalue weighted by Gasteiger charge is -2.10. The second kappa shape index (κ2) is 5.22. The van der Waals surface area contributed by atoms with E-state index in [1.807, 2.05) is 6.92 Å². The molecule has 0 spiro atoms. The quantitative estimate of drug-likeness (QED) is 0.627. The highest BCUT2D eigenvalue weighted by atomic mass is 16.5. The number of hydrogen-bond donors (Lipinski definition) is 0. The molecule has 0 bridgehead atoms. The molecule has 1 saturated carbocycles. The second-order valence-corrected chi connectivity index (χ2v) is 3.56. The molecule has 76 valence electrons. The molecule has 2 atom stereocenters. The molecule has 13 heavy (non-hydrogen) atoms. The van der Waals surface area contributed by atoms with Crippen molar-refractivity contribution in [2.75, 3.05) is 13.2 Å². The Balaban J connectivity index is 2.13. The van der Waals surface area contributed by atoms with E-state index in [1.54, 1.807) is 0 Å². The Morgan fingerprint density at radius 1 is 1.46 bits per heavy atom. The fourth-order valence-corrected chi connectivity index (χ4v) is 1.80. The van der Waals surface area contributed by atoms with E-state index in [-0.39, 0.29) is 5.97 Å². The van der Waals surface area contributed by atoms with Crippen LogP contribution in [0.3, 0.4) is 0 Å². The fraction of sp³-hybridized carbons (Fsp3) is 0.900. The molecule has 0 heterocycles. The Labute approximate surface area is 79.4 Å².